The summed E-state index contributed by atoms with van der Waals surface area (Å²) in [6.07, 6.45) is 6.14. The first-order chi connectivity index (χ1) is 16.8. The lowest BCUT2D eigenvalue weighted by Crippen LogP contribution is -2.39. The molecule has 0 saturated heterocycles. The Labute approximate surface area is 203 Å². The number of rotatable bonds is 6. The Bertz CT molecular complexity index is 1220. The van der Waals surface area contributed by atoms with Gasteiger partial charge in [-0.15, -0.1) is 0 Å². The molecule has 1 amide bonds. The standard InChI is InChI=1S/C27H30F2N4O2/c1-4-16-12-17(13-21(30)15(16)2)18-10-11-31-14-23(18)33-27(34)22-9-8-20(29)26(32-22)25-19(28)6-5-7-24(25)35-3/h5-11,14-17,21H,4,12-13,30H2,1-3H3,(H,33,34)/t15-,16-,17+,21+/m1/s1. The topological polar surface area (TPSA) is 90.1 Å². The van der Waals surface area contributed by atoms with Gasteiger partial charge in [0.1, 0.15) is 28.8 Å². The molecule has 0 aliphatic heterocycles. The summed E-state index contributed by atoms with van der Waals surface area (Å²) in [5.41, 5.74) is 7.49. The molecule has 35 heavy (non-hydrogen) atoms. The molecule has 0 unspecified atom stereocenters. The van der Waals surface area contributed by atoms with Crippen LogP contribution in [0.15, 0.2) is 48.8 Å². The van der Waals surface area contributed by atoms with Crippen LogP contribution >= 0.6 is 0 Å². The molecule has 1 aromatic carbocycles. The molecule has 184 valence electrons. The van der Waals surface area contributed by atoms with Crippen molar-refractivity contribution in [3.63, 3.8) is 0 Å². The highest BCUT2D eigenvalue weighted by atomic mass is 19.1. The number of nitrogens with zero attached hydrogens (tertiary/aromatic N) is 2. The lowest BCUT2D eigenvalue weighted by molar-refractivity contribution is 0.102. The normalized spacial score (nSPS) is 22.0. The number of amides is 1. The van der Waals surface area contributed by atoms with Crippen molar-refractivity contribution >= 4 is 11.6 Å². The first-order valence-corrected chi connectivity index (χ1v) is 11.8. The molecule has 3 aromatic rings. The zero-order chi connectivity index (χ0) is 25.1. The molecule has 0 radical (unpaired) electrons. The minimum absolute atomic E-state index is 0.0538. The number of hydrogen-bond acceptors (Lipinski definition) is 5. The third kappa shape index (κ3) is 5.03. The van der Waals surface area contributed by atoms with Crippen molar-refractivity contribution in [1.82, 2.24) is 9.97 Å². The monoisotopic (exact) mass is 480 g/mol. The average Bonchev–Trinajstić information content (AvgIpc) is 2.86. The number of benzene rings is 1. The van der Waals surface area contributed by atoms with E-state index in [1.807, 2.05) is 6.07 Å². The van der Waals surface area contributed by atoms with Gasteiger partial charge in [-0.3, -0.25) is 9.78 Å². The number of anilines is 1. The smallest absolute Gasteiger partial charge is 0.274 e. The van der Waals surface area contributed by atoms with Crippen LogP contribution in [0.1, 0.15) is 55.1 Å². The molecule has 3 N–H and O–H groups in total. The molecule has 1 aliphatic rings. The first kappa shape index (κ1) is 24.7. The van der Waals surface area contributed by atoms with Crippen molar-refractivity contribution in [2.75, 3.05) is 12.4 Å². The predicted octanol–water partition coefficient (Wildman–Crippen LogP) is 5.55. The van der Waals surface area contributed by atoms with E-state index in [1.165, 1.54) is 31.4 Å². The number of aromatic nitrogens is 2. The molecule has 4 atom stereocenters. The Hall–Kier alpha value is -3.39. The molecule has 6 nitrogen and oxygen atoms in total. The maximum Gasteiger partial charge on any atom is 0.274 e. The Balaban J connectivity index is 1.64. The molecular weight excluding hydrogens is 450 g/mol. The number of nitrogens with two attached hydrogens (primary N) is 1. The average molecular weight is 481 g/mol. The molecule has 0 bridgehead atoms. The summed E-state index contributed by atoms with van der Waals surface area (Å²) in [6.45, 7) is 4.38. The second-order valence-electron chi connectivity index (χ2n) is 9.12. The van der Waals surface area contributed by atoms with Gasteiger partial charge in [0.25, 0.3) is 5.91 Å². The van der Waals surface area contributed by atoms with Crippen LogP contribution in [-0.4, -0.2) is 29.0 Å². The molecule has 2 aromatic heterocycles. The zero-order valence-electron chi connectivity index (χ0n) is 20.1. The summed E-state index contributed by atoms with van der Waals surface area (Å²) >= 11 is 0. The van der Waals surface area contributed by atoms with Gasteiger partial charge < -0.3 is 15.8 Å². The quantitative estimate of drug-likeness (QED) is 0.483. The summed E-state index contributed by atoms with van der Waals surface area (Å²) < 4.78 is 34.4. The Kier molecular flexibility index (Phi) is 7.40. The highest BCUT2D eigenvalue weighted by Crippen LogP contribution is 2.42. The van der Waals surface area contributed by atoms with E-state index in [0.29, 0.717) is 17.5 Å². The number of carbonyl (C=O) groups excluding carboxylic acids is 1. The van der Waals surface area contributed by atoms with Crippen molar-refractivity contribution in [2.45, 2.75) is 45.1 Å². The number of ether oxygens (including phenoxy) is 1. The lowest BCUT2D eigenvalue weighted by Gasteiger charge is -2.39. The van der Waals surface area contributed by atoms with E-state index in [-0.39, 0.29) is 34.7 Å². The van der Waals surface area contributed by atoms with E-state index in [0.717, 1.165) is 30.9 Å². The molecule has 2 heterocycles. The summed E-state index contributed by atoms with van der Waals surface area (Å²) in [5, 5.41) is 2.87. The SMILES string of the molecule is CC[C@@H]1C[C@H](c2ccncc2NC(=O)c2ccc(F)c(-c3c(F)cccc3OC)n2)C[C@H](N)[C@@H]1C. The number of pyridine rings is 2. The van der Waals surface area contributed by atoms with E-state index in [4.69, 9.17) is 10.5 Å². The number of halogens is 2. The van der Waals surface area contributed by atoms with Gasteiger partial charge in [0.2, 0.25) is 0 Å². The van der Waals surface area contributed by atoms with Crippen LogP contribution in [0.5, 0.6) is 5.75 Å². The maximum atomic E-state index is 14.6. The minimum Gasteiger partial charge on any atom is -0.496 e. The van der Waals surface area contributed by atoms with Gasteiger partial charge in [0.15, 0.2) is 0 Å². The van der Waals surface area contributed by atoms with E-state index in [2.05, 4.69) is 29.1 Å². The maximum absolute atomic E-state index is 14.6. The minimum atomic E-state index is -0.761. The summed E-state index contributed by atoms with van der Waals surface area (Å²) in [7, 11) is 1.36. The number of carbonyl (C=O) groups is 1. The third-order valence-corrected chi connectivity index (χ3v) is 7.14. The van der Waals surface area contributed by atoms with Gasteiger partial charge in [-0.05, 0) is 66.5 Å². The highest BCUT2D eigenvalue weighted by Gasteiger charge is 2.34. The molecule has 8 heteroatoms. The summed E-state index contributed by atoms with van der Waals surface area (Å²) in [5.74, 6) is -0.762. The van der Waals surface area contributed by atoms with Gasteiger partial charge in [0.05, 0.1) is 24.6 Å². The predicted molar refractivity (Wildman–Crippen MR) is 131 cm³/mol. The van der Waals surface area contributed by atoms with Gasteiger partial charge in [-0.2, -0.15) is 0 Å². The zero-order valence-corrected chi connectivity index (χ0v) is 20.1. The van der Waals surface area contributed by atoms with Crippen molar-refractivity contribution in [3.05, 3.63) is 71.7 Å². The molecular formula is C27H30F2N4O2. The van der Waals surface area contributed by atoms with Crippen LogP contribution in [0.3, 0.4) is 0 Å². The summed E-state index contributed by atoms with van der Waals surface area (Å²) in [6, 6.07) is 8.50. The Morgan fingerprint density at radius 3 is 2.71 bits per heavy atom. The van der Waals surface area contributed by atoms with E-state index in [9.17, 15) is 13.6 Å². The molecule has 0 spiro atoms. The van der Waals surface area contributed by atoms with Gasteiger partial charge in [0, 0.05) is 12.2 Å². The van der Waals surface area contributed by atoms with Crippen LogP contribution in [0.2, 0.25) is 0 Å². The van der Waals surface area contributed by atoms with Crippen LogP contribution in [-0.2, 0) is 0 Å². The van der Waals surface area contributed by atoms with Crippen molar-refractivity contribution in [3.8, 4) is 17.0 Å². The summed E-state index contributed by atoms with van der Waals surface area (Å²) in [4.78, 5) is 21.5. The van der Waals surface area contributed by atoms with Gasteiger partial charge in [-0.1, -0.05) is 26.3 Å². The molecule has 1 aliphatic carbocycles. The van der Waals surface area contributed by atoms with Gasteiger partial charge >= 0.3 is 0 Å². The second-order valence-corrected chi connectivity index (χ2v) is 9.12. The molecule has 4 rings (SSSR count). The Morgan fingerprint density at radius 1 is 1.17 bits per heavy atom. The fourth-order valence-electron chi connectivity index (χ4n) is 5.06. The van der Waals surface area contributed by atoms with Crippen LogP contribution in [0, 0.1) is 23.5 Å². The molecule has 1 fully saturated rings. The van der Waals surface area contributed by atoms with Crippen LogP contribution < -0.4 is 15.8 Å². The highest BCUT2D eigenvalue weighted by molar-refractivity contribution is 6.03. The van der Waals surface area contributed by atoms with Crippen molar-refractivity contribution < 1.29 is 18.3 Å². The largest absolute Gasteiger partial charge is 0.496 e. The lowest BCUT2D eigenvalue weighted by atomic mass is 9.69. The van der Waals surface area contributed by atoms with E-state index < -0.39 is 17.5 Å². The number of hydrogen-bond donors (Lipinski definition) is 2. The van der Waals surface area contributed by atoms with Crippen molar-refractivity contribution in [2.24, 2.45) is 17.6 Å². The van der Waals surface area contributed by atoms with Crippen molar-refractivity contribution in [1.29, 1.82) is 0 Å². The first-order valence-electron chi connectivity index (χ1n) is 11.8. The number of methoxy groups -OCH3 is 1. The Morgan fingerprint density at radius 2 is 1.97 bits per heavy atom. The second kappa shape index (κ2) is 10.5. The molecule has 1 saturated carbocycles. The van der Waals surface area contributed by atoms with Gasteiger partial charge in [-0.25, -0.2) is 13.8 Å². The van der Waals surface area contributed by atoms with E-state index in [1.54, 1.807) is 12.4 Å². The number of nitrogens with one attached hydrogen (secondary N) is 1. The fraction of sp³-hybridized carbons (Fsp3) is 0.370. The van der Waals surface area contributed by atoms with E-state index >= 15 is 0 Å². The van der Waals surface area contributed by atoms with Crippen LogP contribution in [0.4, 0.5) is 14.5 Å². The van der Waals surface area contributed by atoms with Crippen LogP contribution in [0.25, 0.3) is 11.3 Å². The third-order valence-electron chi connectivity index (χ3n) is 7.14. The fourth-order valence-corrected chi connectivity index (χ4v) is 5.06.